The van der Waals surface area contributed by atoms with Crippen LogP contribution in [0.15, 0.2) is 29.4 Å². The van der Waals surface area contributed by atoms with Crippen LogP contribution < -0.4 is 4.74 Å². The van der Waals surface area contributed by atoms with E-state index in [9.17, 15) is 14.4 Å². The zero-order valence-electron chi connectivity index (χ0n) is 14.4. The highest BCUT2D eigenvalue weighted by molar-refractivity contribution is 5.98. The Morgan fingerprint density at radius 1 is 1.27 bits per heavy atom. The second kappa shape index (κ2) is 6.10. The molecule has 3 aromatic rings. The summed E-state index contributed by atoms with van der Waals surface area (Å²) >= 11 is 0. The lowest BCUT2D eigenvalue weighted by Crippen LogP contribution is -2.14. The molecule has 1 N–H and O–H groups in total. The fourth-order valence-corrected chi connectivity index (χ4v) is 3.61. The Labute approximate surface area is 148 Å². The average Bonchev–Trinajstić information content (AvgIpc) is 2.86. The molecule has 2 heterocycles. The van der Waals surface area contributed by atoms with Crippen LogP contribution >= 0.6 is 0 Å². The lowest BCUT2D eigenvalue weighted by Gasteiger charge is -2.21. The Morgan fingerprint density at radius 2 is 2.08 bits per heavy atom. The van der Waals surface area contributed by atoms with Crippen LogP contribution in [0.3, 0.4) is 0 Å². The van der Waals surface area contributed by atoms with Gasteiger partial charge < -0.3 is 19.1 Å². The molecular formula is C19H17FN2O4. The summed E-state index contributed by atoms with van der Waals surface area (Å²) in [7, 11) is 0. The summed E-state index contributed by atoms with van der Waals surface area (Å²) < 4.78 is 26.3. The fraction of sp³-hybridized carbons (Fsp3) is 0.263. The number of rotatable bonds is 3. The molecule has 0 radical (unpaired) electrons. The number of halogens is 1. The quantitative estimate of drug-likeness (QED) is 0.705. The maximum Gasteiger partial charge on any atom is 0.222 e. The Morgan fingerprint density at radius 3 is 2.85 bits per heavy atom. The number of nitroso groups, excluding NO2 is 1. The van der Waals surface area contributed by atoms with E-state index < -0.39 is 5.82 Å². The van der Waals surface area contributed by atoms with E-state index in [0.717, 1.165) is 11.1 Å². The summed E-state index contributed by atoms with van der Waals surface area (Å²) in [5.41, 5.74) is 3.66. The first-order chi connectivity index (χ1) is 12.5. The highest BCUT2D eigenvalue weighted by Gasteiger charge is 2.23. The molecule has 0 fully saturated rings. The van der Waals surface area contributed by atoms with Crippen molar-refractivity contribution in [2.75, 3.05) is 6.79 Å². The molecule has 0 spiro atoms. The van der Waals surface area contributed by atoms with Crippen LogP contribution in [0.4, 0.5) is 10.1 Å². The van der Waals surface area contributed by atoms with Crippen LogP contribution in [-0.4, -0.2) is 16.5 Å². The number of ether oxygens (including phenoxy) is 2. The highest BCUT2D eigenvalue weighted by Crippen LogP contribution is 2.42. The van der Waals surface area contributed by atoms with E-state index in [1.807, 2.05) is 26.0 Å². The highest BCUT2D eigenvalue weighted by atomic mass is 19.1. The van der Waals surface area contributed by atoms with Crippen molar-refractivity contribution < 1.29 is 19.0 Å². The Kier molecular flexibility index (Phi) is 3.88. The number of hydrogen-bond acceptors (Lipinski definition) is 5. The molecule has 0 bridgehead atoms. The van der Waals surface area contributed by atoms with Crippen LogP contribution in [0.5, 0.6) is 11.6 Å². The van der Waals surface area contributed by atoms with Crippen molar-refractivity contribution in [2.45, 2.75) is 27.0 Å². The topological polar surface area (TPSA) is 73.0 Å². The van der Waals surface area contributed by atoms with Crippen molar-refractivity contribution >= 4 is 16.6 Å². The minimum atomic E-state index is -0.412. The van der Waals surface area contributed by atoms with E-state index in [4.69, 9.17) is 9.47 Å². The maximum absolute atomic E-state index is 14.0. The van der Waals surface area contributed by atoms with Gasteiger partial charge in [0.25, 0.3) is 0 Å². The van der Waals surface area contributed by atoms with Gasteiger partial charge in [0.2, 0.25) is 5.88 Å². The Bertz CT molecular complexity index is 1040. The van der Waals surface area contributed by atoms with Gasteiger partial charge in [0.1, 0.15) is 11.6 Å². The molecule has 0 atom stereocenters. The van der Waals surface area contributed by atoms with Gasteiger partial charge in [0, 0.05) is 16.5 Å². The first-order valence-corrected chi connectivity index (χ1v) is 8.17. The third kappa shape index (κ3) is 2.52. The zero-order chi connectivity index (χ0) is 18.4. The van der Waals surface area contributed by atoms with Crippen LogP contribution in [0.1, 0.15) is 22.3 Å². The molecular weight excluding hydrogens is 339 g/mol. The van der Waals surface area contributed by atoms with Crippen molar-refractivity contribution in [1.29, 1.82) is 0 Å². The van der Waals surface area contributed by atoms with Gasteiger partial charge in [0.15, 0.2) is 12.5 Å². The van der Waals surface area contributed by atoms with Gasteiger partial charge in [-0.1, -0.05) is 6.07 Å². The number of aromatic hydroxyl groups is 1. The number of hydrogen-bond donors (Lipinski definition) is 1. The van der Waals surface area contributed by atoms with E-state index in [1.54, 1.807) is 4.57 Å². The number of nitrogens with zero attached hydrogens (tertiary/aromatic N) is 2. The number of aromatic nitrogens is 1. The van der Waals surface area contributed by atoms with E-state index in [2.05, 4.69) is 5.18 Å². The zero-order valence-corrected chi connectivity index (χ0v) is 14.4. The fourth-order valence-electron chi connectivity index (χ4n) is 3.61. The van der Waals surface area contributed by atoms with Gasteiger partial charge in [-0.2, -0.15) is 0 Å². The predicted octanol–water partition coefficient (Wildman–Crippen LogP) is 4.42. The Balaban J connectivity index is 1.93. The summed E-state index contributed by atoms with van der Waals surface area (Å²) in [6.07, 6.45) is 0. The first-order valence-electron chi connectivity index (χ1n) is 8.17. The Hall–Kier alpha value is -2.93. The smallest absolute Gasteiger partial charge is 0.222 e. The van der Waals surface area contributed by atoms with Crippen LogP contribution in [0, 0.1) is 24.6 Å². The molecule has 0 saturated carbocycles. The van der Waals surface area contributed by atoms with Crippen LogP contribution in [-0.2, 0) is 17.9 Å². The van der Waals surface area contributed by atoms with Gasteiger partial charge in [-0.25, -0.2) is 4.39 Å². The van der Waals surface area contributed by atoms with Gasteiger partial charge >= 0.3 is 0 Å². The summed E-state index contributed by atoms with van der Waals surface area (Å²) in [5.74, 6) is -0.109. The van der Waals surface area contributed by atoms with Crippen molar-refractivity contribution in [1.82, 2.24) is 4.57 Å². The third-order valence-corrected chi connectivity index (χ3v) is 4.63. The minimum Gasteiger partial charge on any atom is -0.493 e. The van der Waals surface area contributed by atoms with Crippen molar-refractivity contribution in [3.05, 3.63) is 57.2 Å². The molecule has 7 heteroatoms. The second-order valence-electron chi connectivity index (χ2n) is 6.49. The van der Waals surface area contributed by atoms with Crippen LogP contribution in [0.25, 0.3) is 10.9 Å². The normalized spacial score (nSPS) is 13.5. The summed E-state index contributed by atoms with van der Waals surface area (Å²) in [6, 6.07) is 6.53. The summed E-state index contributed by atoms with van der Waals surface area (Å²) in [4.78, 5) is 11.3. The predicted molar refractivity (Wildman–Crippen MR) is 94.3 cm³/mol. The number of fused-ring (bicyclic) bond motifs is 2. The monoisotopic (exact) mass is 356 g/mol. The van der Waals surface area contributed by atoms with Gasteiger partial charge in [0.05, 0.1) is 18.7 Å². The number of benzene rings is 2. The van der Waals surface area contributed by atoms with Crippen molar-refractivity contribution in [2.24, 2.45) is 5.18 Å². The van der Waals surface area contributed by atoms with Crippen molar-refractivity contribution in [3.8, 4) is 11.6 Å². The van der Waals surface area contributed by atoms with E-state index in [1.165, 1.54) is 12.1 Å². The molecule has 2 aromatic carbocycles. The maximum atomic E-state index is 14.0. The molecule has 1 aliphatic rings. The second-order valence-corrected chi connectivity index (χ2v) is 6.49. The van der Waals surface area contributed by atoms with Gasteiger partial charge in [-0.3, -0.25) is 0 Å². The largest absolute Gasteiger partial charge is 0.493 e. The first kappa shape index (κ1) is 16.5. The molecule has 0 amide bonds. The third-order valence-electron chi connectivity index (χ3n) is 4.63. The molecule has 4 rings (SSSR count). The van der Waals surface area contributed by atoms with E-state index in [0.29, 0.717) is 27.8 Å². The lowest BCUT2D eigenvalue weighted by molar-refractivity contribution is -0.0173. The molecule has 26 heavy (non-hydrogen) atoms. The van der Waals surface area contributed by atoms with E-state index in [-0.39, 0.29) is 31.5 Å². The lowest BCUT2D eigenvalue weighted by atomic mass is 10.1. The minimum absolute atomic E-state index is 0.00739. The average molecular weight is 356 g/mol. The molecule has 0 unspecified atom stereocenters. The number of aryl methyl sites for hydroxylation is 2. The summed E-state index contributed by atoms with van der Waals surface area (Å²) in [5, 5.41) is 14.2. The SMILES string of the molecule is Cc1cc(C)c2c(N=O)c(O)n(Cc3cc(F)cc4c3OCOC4)c2c1. The molecule has 1 aromatic heterocycles. The van der Waals surface area contributed by atoms with Gasteiger partial charge in [-0.15, -0.1) is 4.91 Å². The standard InChI is InChI=1S/C19H17FN2O4/c1-10-3-11(2)16-15(4-10)22(19(23)17(16)21-24)7-12-5-14(20)6-13-8-25-9-26-18(12)13/h3-6,23H,7-9H2,1-2H3. The van der Waals surface area contributed by atoms with Gasteiger partial charge in [-0.05, 0) is 48.4 Å². The van der Waals surface area contributed by atoms with E-state index >= 15 is 0 Å². The molecule has 6 nitrogen and oxygen atoms in total. The molecule has 1 aliphatic heterocycles. The van der Waals surface area contributed by atoms with Crippen LogP contribution in [0.2, 0.25) is 0 Å². The summed E-state index contributed by atoms with van der Waals surface area (Å²) in [6.45, 7) is 4.28. The molecule has 0 saturated heterocycles. The molecule has 134 valence electrons. The molecule has 0 aliphatic carbocycles. The van der Waals surface area contributed by atoms with Crippen molar-refractivity contribution in [3.63, 3.8) is 0 Å².